The maximum atomic E-state index is 13.4. The summed E-state index contributed by atoms with van der Waals surface area (Å²) in [5.74, 6) is 0.877. The molecule has 0 aromatic rings. The maximum absolute atomic E-state index is 13.4. The summed E-state index contributed by atoms with van der Waals surface area (Å²) in [5.41, 5.74) is -0.637. The van der Waals surface area contributed by atoms with E-state index in [4.69, 9.17) is 4.74 Å². The summed E-state index contributed by atoms with van der Waals surface area (Å²) in [7, 11) is -4.56. The molecule has 0 saturated heterocycles. The van der Waals surface area contributed by atoms with Gasteiger partial charge < -0.3 is 4.74 Å². The Kier molecular flexibility index (Phi) is 7.27. The average molecular weight is 368 g/mol. The minimum Gasteiger partial charge on any atom is -0.458 e. The number of carbonyl (C=O) groups excluding carboxylic acids is 1. The Morgan fingerprint density at radius 3 is 1.83 bits per heavy atom. The van der Waals surface area contributed by atoms with Crippen LogP contribution in [0.4, 0.5) is 8.78 Å². The third kappa shape index (κ3) is 4.34. The molecule has 4 rings (SSSR count). The Morgan fingerprint density at radius 2 is 1.48 bits per heavy atom. The minimum absolute atomic E-state index is 0. The van der Waals surface area contributed by atoms with Crippen molar-refractivity contribution >= 4 is 74.9 Å². The van der Waals surface area contributed by atoms with Gasteiger partial charge in [-0.15, -0.1) is 0 Å². The summed E-state index contributed by atoms with van der Waals surface area (Å²) in [5, 5.41) is -4.01. The number of alkyl halides is 2. The van der Waals surface area contributed by atoms with Crippen molar-refractivity contribution in [3.63, 3.8) is 0 Å². The van der Waals surface area contributed by atoms with Crippen LogP contribution >= 0.6 is 0 Å². The Morgan fingerprint density at radius 1 is 1.09 bits per heavy atom. The molecule has 4 bridgehead atoms. The molecule has 4 aliphatic rings. The van der Waals surface area contributed by atoms with E-state index < -0.39 is 33.1 Å². The second kappa shape index (κ2) is 7.49. The SMILES string of the molecule is CS(=O)(=O)C(F)(F)COC(=O)C12CC3CC(CC(C3)C1)C2.[Na].[Na]. The van der Waals surface area contributed by atoms with Crippen LogP contribution in [0.3, 0.4) is 0 Å². The van der Waals surface area contributed by atoms with Crippen molar-refractivity contribution in [3.05, 3.63) is 0 Å². The zero-order chi connectivity index (χ0) is 15.5. The fourth-order valence-corrected chi connectivity index (χ4v) is 5.04. The van der Waals surface area contributed by atoms with E-state index in [9.17, 15) is 22.0 Å². The second-order valence-corrected chi connectivity index (χ2v) is 9.33. The fourth-order valence-electron chi connectivity index (χ4n) is 4.77. The summed E-state index contributed by atoms with van der Waals surface area (Å²) in [6.07, 6.45) is 5.97. The van der Waals surface area contributed by atoms with Crippen LogP contribution in [0.2, 0.25) is 0 Å². The summed E-state index contributed by atoms with van der Waals surface area (Å²) >= 11 is 0. The Hall–Kier alpha value is 1.28. The molecule has 4 nitrogen and oxygen atoms in total. The summed E-state index contributed by atoms with van der Waals surface area (Å²) in [6.45, 7) is -1.37. The van der Waals surface area contributed by atoms with E-state index >= 15 is 0 Å². The Balaban J connectivity index is 0.00000132. The molecule has 0 N–H and O–H groups in total. The predicted octanol–water partition coefficient (Wildman–Crippen LogP) is 1.62. The zero-order valence-electron chi connectivity index (χ0n) is 14.0. The van der Waals surface area contributed by atoms with Crippen LogP contribution in [-0.4, -0.2) is 91.6 Å². The van der Waals surface area contributed by atoms with Gasteiger partial charge in [-0.3, -0.25) is 4.79 Å². The molecule has 0 amide bonds. The predicted molar refractivity (Wildman–Crippen MR) is 82.9 cm³/mol. The van der Waals surface area contributed by atoms with Crippen molar-refractivity contribution in [3.8, 4) is 0 Å². The number of rotatable bonds is 4. The smallest absolute Gasteiger partial charge is 0.378 e. The molecule has 0 unspecified atom stereocenters. The largest absolute Gasteiger partial charge is 0.458 e. The quantitative estimate of drug-likeness (QED) is 0.559. The number of hydrogen-bond acceptors (Lipinski definition) is 4. The standard InChI is InChI=1S/C14H20F2O4S.2Na/c1-21(18,19)14(15,16)8-20-12(17)13-5-9-2-10(6-13)4-11(3-9)7-13;;/h9-11H,2-8H2,1H3;;. The minimum atomic E-state index is -4.56. The van der Waals surface area contributed by atoms with Gasteiger partial charge in [-0.25, -0.2) is 8.42 Å². The van der Waals surface area contributed by atoms with Crippen LogP contribution in [0, 0.1) is 23.2 Å². The monoisotopic (exact) mass is 368 g/mol. The van der Waals surface area contributed by atoms with E-state index in [1.807, 2.05) is 0 Å². The van der Waals surface area contributed by atoms with Crippen molar-refractivity contribution in [2.75, 3.05) is 12.9 Å². The Bertz CT molecular complexity index is 530. The van der Waals surface area contributed by atoms with Gasteiger partial charge in [-0.2, -0.15) is 8.78 Å². The van der Waals surface area contributed by atoms with Crippen molar-refractivity contribution in [1.29, 1.82) is 0 Å². The maximum Gasteiger partial charge on any atom is 0.378 e. The molecule has 4 aliphatic carbocycles. The molecule has 0 atom stereocenters. The number of carbonyl (C=O) groups is 1. The van der Waals surface area contributed by atoms with Crippen LogP contribution in [-0.2, 0) is 19.4 Å². The second-order valence-electron chi connectivity index (χ2n) is 7.18. The number of esters is 1. The molecular formula is C14H20F2Na2O4S. The molecule has 4 saturated carbocycles. The van der Waals surface area contributed by atoms with Gasteiger partial charge in [0.2, 0.25) is 9.84 Å². The number of sulfone groups is 1. The number of halogens is 2. The van der Waals surface area contributed by atoms with Gasteiger partial charge in [-0.1, -0.05) is 0 Å². The van der Waals surface area contributed by atoms with Crippen molar-refractivity contribution in [2.45, 2.75) is 43.8 Å². The molecule has 0 spiro atoms. The molecular weight excluding hydrogens is 348 g/mol. The van der Waals surface area contributed by atoms with E-state index in [0.29, 0.717) is 43.3 Å². The molecule has 0 aliphatic heterocycles. The first-order valence-corrected chi connectivity index (χ1v) is 9.25. The molecule has 0 heterocycles. The fraction of sp³-hybridized carbons (Fsp3) is 0.929. The molecule has 9 heteroatoms. The molecule has 0 aromatic heterocycles. The van der Waals surface area contributed by atoms with E-state index in [2.05, 4.69) is 0 Å². The van der Waals surface area contributed by atoms with Crippen LogP contribution in [0.5, 0.6) is 0 Å². The number of ether oxygens (including phenoxy) is 1. The molecule has 4 fully saturated rings. The van der Waals surface area contributed by atoms with E-state index in [1.165, 1.54) is 0 Å². The third-order valence-corrected chi connectivity index (χ3v) is 6.59. The van der Waals surface area contributed by atoms with Crippen molar-refractivity contribution in [1.82, 2.24) is 0 Å². The first kappa shape index (κ1) is 22.3. The van der Waals surface area contributed by atoms with Crippen molar-refractivity contribution in [2.24, 2.45) is 23.2 Å². The van der Waals surface area contributed by atoms with Gasteiger partial charge in [0.15, 0.2) is 6.61 Å². The molecule has 2 radical (unpaired) electrons. The van der Waals surface area contributed by atoms with Crippen molar-refractivity contribution < 1.29 is 26.7 Å². The third-order valence-electron chi connectivity index (χ3n) is 5.39. The topological polar surface area (TPSA) is 60.4 Å². The van der Waals surface area contributed by atoms with Gasteiger partial charge in [-0.05, 0) is 56.3 Å². The van der Waals surface area contributed by atoms with Gasteiger partial charge >= 0.3 is 11.2 Å². The van der Waals surface area contributed by atoms with Gasteiger partial charge in [0.05, 0.1) is 5.41 Å². The van der Waals surface area contributed by atoms with Gasteiger partial charge in [0, 0.05) is 65.4 Å². The summed E-state index contributed by atoms with van der Waals surface area (Å²) in [6, 6.07) is 0. The first-order chi connectivity index (χ1) is 9.61. The van der Waals surface area contributed by atoms with Gasteiger partial charge in [0.25, 0.3) is 0 Å². The Labute approximate surface area is 180 Å². The molecule has 122 valence electrons. The molecule has 23 heavy (non-hydrogen) atoms. The van der Waals surface area contributed by atoms with Gasteiger partial charge in [0.1, 0.15) is 0 Å². The van der Waals surface area contributed by atoms with Crippen LogP contribution < -0.4 is 0 Å². The van der Waals surface area contributed by atoms with E-state index in [-0.39, 0.29) is 59.1 Å². The average Bonchev–Trinajstić information content (AvgIpc) is 2.32. The first-order valence-electron chi connectivity index (χ1n) is 7.36. The van der Waals surface area contributed by atoms with Crippen LogP contribution in [0.15, 0.2) is 0 Å². The summed E-state index contributed by atoms with van der Waals surface area (Å²) < 4.78 is 53.5. The summed E-state index contributed by atoms with van der Waals surface area (Å²) in [4.78, 5) is 12.3. The number of hydrogen-bond donors (Lipinski definition) is 0. The van der Waals surface area contributed by atoms with E-state index in [1.54, 1.807) is 0 Å². The molecule has 0 aromatic carbocycles. The van der Waals surface area contributed by atoms with Crippen LogP contribution in [0.25, 0.3) is 0 Å². The van der Waals surface area contributed by atoms with E-state index in [0.717, 1.165) is 19.3 Å². The van der Waals surface area contributed by atoms with Crippen LogP contribution in [0.1, 0.15) is 38.5 Å². The normalized spacial score (nSPS) is 35.2. The zero-order valence-corrected chi connectivity index (χ0v) is 18.8.